The first-order valence-electron chi connectivity index (χ1n) is 6.83. The zero-order valence-corrected chi connectivity index (χ0v) is 12.2. The van der Waals surface area contributed by atoms with Crippen LogP contribution in [0.5, 0.6) is 0 Å². The number of carbonyl (C=O) groups excluding carboxylic acids is 1. The number of carbonyl (C=O) groups is 1. The van der Waals surface area contributed by atoms with Crippen LogP contribution < -0.4 is 5.73 Å². The molecule has 0 heterocycles. The molecule has 2 N–H and O–H groups in total. The number of halogens is 1. The summed E-state index contributed by atoms with van der Waals surface area (Å²) < 4.78 is 13.0. The molecule has 21 heavy (non-hydrogen) atoms. The third kappa shape index (κ3) is 3.47. The van der Waals surface area contributed by atoms with Crippen molar-refractivity contribution in [2.24, 2.45) is 5.73 Å². The monoisotopic (exact) mass is 286 g/mol. The van der Waals surface area contributed by atoms with E-state index in [1.165, 1.54) is 12.1 Å². The molecule has 0 spiro atoms. The number of nitrogens with zero attached hydrogens (tertiary/aromatic N) is 1. The Morgan fingerprint density at radius 1 is 1.05 bits per heavy atom. The van der Waals surface area contributed by atoms with Crippen molar-refractivity contribution in [3.8, 4) is 0 Å². The Bertz CT molecular complexity index is 598. The lowest BCUT2D eigenvalue weighted by Gasteiger charge is -2.28. The summed E-state index contributed by atoms with van der Waals surface area (Å²) >= 11 is 0. The van der Waals surface area contributed by atoms with Crippen molar-refractivity contribution >= 4 is 5.91 Å². The van der Waals surface area contributed by atoms with Gasteiger partial charge in [0.25, 0.3) is 0 Å². The third-order valence-corrected chi connectivity index (χ3v) is 3.71. The molecular formula is C17H19FN2O. The quantitative estimate of drug-likeness (QED) is 0.939. The average molecular weight is 286 g/mol. The smallest absolute Gasteiger partial charge is 0.244 e. The molecule has 1 amide bonds. The molecule has 2 aromatic carbocycles. The normalized spacial score (nSPS) is 13.5. The first-order chi connectivity index (χ1) is 10.0. The van der Waals surface area contributed by atoms with Gasteiger partial charge in [-0.1, -0.05) is 42.5 Å². The van der Waals surface area contributed by atoms with Gasteiger partial charge in [0.05, 0.1) is 6.04 Å². The van der Waals surface area contributed by atoms with E-state index in [0.29, 0.717) is 0 Å². The maximum Gasteiger partial charge on any atom is 0.244 e. The fourth-order valence-corrected chi connectivity index (χ4v) is 2.18. The van der Waals surface area contributed by atoms with Crippen LogP contribution in [0.25, 0.3) is 0 Å². The molecule has 3 nitrogen and oxygen atoms in total. The van der Waals surface area contributed by atoms with E-state index in [-0.39, 0.29) is 17.8 Å². The third-order valence-electron chi connectivity index (χ3n) is 3.71. The standard InChI is InChI=1S/C17H19FN2O/c1-12(13-8-10-15(18)11-9-13)20(2)17(21)16(19)14-6-4-3-5-7-14/h3-12,16H,19H2,1-2H3. The van der Waals surface area contributed by atoms with E-state index in [9.17, 15) is 9.18 Å². The van der Waals surface area contributed by atoms with Gasteiger partial charge in [0, 0.05) is 7.05 Å². The highest BCUT2D eigenvalue weighted by Crippen LogP contribution is 2.22. The lowest BCUT2D eigenvalue weighted by Crippen LogP contribution is -2.37. The molecule has 0 saturated heterocycles. The van der Waals surface area contributed by atoms with Crippen molar-refractivity contribution in [3.05, 3.63) is 71.5 Å². The molecule has 2 rings (SSSR count). The van der Waals surface area contributed by atoms with E-state index in [1.807, 2.05) is 37.3 Å². The Morgan fingerprint density at radius 2 is 1.62 bits per heavy atom. The number of rotatable bonds is 4. The summed E-state index contributed by atoms with van der Waals surface area (Å²) in [6.45, 7) is 1.89. The highest BCUT2D eigenvalue weighted by atomic mass is 19.1. The lowest BCUT2D eigenvalue weighted by molar-refractivity contribution is -0.133. The Morgan fingerprint density at radius 3 is 2.19 bits per heavy atom. The van der Waals surface area contributed by atoms with Gasteiger partial charge in [-0.05, 0) is 30.2 Å². The van der Waals surface area contributed by atoms with E-state index in [4.69, 9.17) is 5.73 Å². The molecule has 110 valence electrons. The molecule has 0 fully saturated rings. The van der Waals surface area contributed by atoms with Crippen LogP contribution in [-0.2, 0) is 4.79 Å². The molecule has 0 aliphatic heterocycles. The zero-order valence-electron chi connectivity index (χ0n) is 12.2. The van der Waals surface area contributed by atoms with Crippen LogP contribution >= 0.6 is 0 Å². The average Bonchev–Trinajstić information content (AvgIpc) is 2.53. The van der Waals surface area contributed by atoms with Crippen LogP contribution in [0.2, 0.25) is 0 Å². The van der Waals surface area contributed by atoms with Crippen LogP contribution in [-0.4, -0.2) is 17.9 Å². The summed E-state index contributed by atoms with van der Waals surface area (Å²) in [5.74, 6) is -0.459. The fraction of sp³-hybridized carbons (Fsp3) is 0.235. The highest BCUT2D eigenvalue weighted by molar-refractivity contribution is 5.83. The Hall–Kier alpha value is -2.20. The molecule has 0 aliphatic carbocycles. The van der Waals surface area contributed by atoms with Crippen molar-refractivity contribution in [2.45, 2.75) is 19.0 Å². The van der Waals surface area contributed by atoms with Crippen molar-refractivity contribution in [1.82, 2.24) is 4.90 Å². The molecule has 0 aliphatic rings. The second-order valence-corrected chi connectivity index (χ2v) is 5.07. The molecule has 4 heteroatoms. The molecule has 0 bridgehead atoms. The van der Waals surface area contributed by atoms with Crippen molar-refractivity contribution in [2.75, 3.05) is 7.05 Å². The minimum atomic E-state index is -0.695. The van der Waals surface area contributed by atoms with Crippen LogP contribution in [0.3, 0.4) is 0 Å². The van der Waals surface area contributed by atoms with E-state index in [2.05, 4.69) is 0 Å². The van der Waals surface area contributed by atoms with E-state index >= 15 is 0 Å². The van der Waals surface area contributed by atoms with Crippen LogP contribution in [0.4, 0.5) is 4.39 Å². The van der Waals surface area contributed by atoms with Gasteiger partial charge in [0.15, 0.2) is 0 Å². The highest BCUT2D eigenvalue weighted by Gasteiger charge is 2.24. The van der Waals surface area contributed by atoms with Crippen molar-refractivity contribution < 1.29 is 9.18 Å². The Kier molecular flexibility index (Phi) is 4.70. The number of amides is 1. The second kappa shape index (κ2) is 6.50. The number of hydrogen-bond acceptors (Lipinski definition) is 2. The predicted octanol–water partition coefficient (Wildman–Crippen LogP) is 3.05. The van der Waals surface area contributed by atoms with Gasteiger partial charge >= 0.3 is 0 Å². The van der Waals surface area contributed by atoms with E-state index < -0.39 is 6.04 Å². The summed E-state index contributed by atoms with van der Waals surface area (Å²) in [5, 5.41) is 0. The van der Waals surface area contributed by atoms with Gasteiger partial charge in [0.2, 0.25) is 5.91 Å². The molecular weight excluding hydrogens is 267 g/mol. The minimum Gasteiger partial charge on any atom is -0.337 e. The summed E-state index contributed by atoms with van der Waals surface area (Å²) in [5.41, 5.74) is 7.67. The Balaban J connectivity index is 2.13. The number of nitrogens with two attached hydrogens (primary N) is 1. The number of hydrogen-bond donors (Lipinski definition) is 1. The maximum atomic E-state index is 13.0. The van der Waals surface area contributed by atoms with Crippen molar-refractivity contribution in [3.63, 3.8) is 0 Å². The lowest BCUT2D eigenvalue weighted by atomic mass is 10.0. The Labute approximate surface area is 124 Å². The minimum absolute atomic E-state index is 0.168. The summed E-state index contributed by atoms with van der Waals surface area (Å²) in [4.78, 5) is 14.0. The van der Waals surface area contributed by atoms with Crippen molar-refractivity contribution in [1.29, 1.82) is 0 Å². The first kappa shape index (κ1) is 15.2. The van der Waals surface area contributed by atoms with Gasteiger partial charge in [-0.15, -0.1) is 0 Å². The van der Waals surface area contributed by atoms with Gasteiger partial charge in [-0.25, -0.2) is 4.39 Å². The maximum absolute atomic E-state index is 13.0. The van der Waals surface area contributed by atoms with Crippen LogP contribution in [0.1, 0.15) is 30.1 Å². The van der Waals surface area contributed by atoms with Crippen LogP contribution in [0.15, 0.2) is 54.6 Å². The largest absolute Gasteiger partial charge is 0.337 e. The fourth-order valence-electron chi connectivity index (χ4n) is 2.18. The first-order valence-corrected chi connectivity index (χ1v) is 6.83. The van der Waals surface area contributed by atoms with Gasteiger partial charge in [0.1, 0.15) is 11.9 Å². The zero-order chi connectivity index (χ0) is 15.4. The number of benzene rings is 2. The summed E-state index contributed by atoms with van der Waals surface area (Å²) in [6, 6.07) is 14.5. The van der Waals surface area contributed by atoms with Gasteiger partial charge < -0.3 is 10.6 Å². The molecule has 0 saturated carbocycles. The molecule has 0 radical (unpaired) electrons. The predicted molar refractivity (Wildman–Crippen MR) is 81.0 cm³/mol. The molecule has 2 unspecified atom stereocenters. The summed E-state index contributed by atoms with van der Waals surface area (Å²) in [7, 11) is 1.71. The van der Waals surface area contributed by atoms with E-state index in [1.54, 1.807) is 24.1 Å². The number of likely N-dealkylation sites (N-methyl/N-ethyl adjacent to an activating group) is 1. The van der Waals surface area contributed by atoms with E-state index in [0.717, 1.165) is 11.1 Å². The molecule has 0 aromatic heterocycles. The van der Waals surface area contributed by atoms with Crippen LogP contribution in [0, 0.1) is 5.82 Å². The molecule has 2 aromatic rings. The molecule has 2 atom stereocenters. The SMILES string of the molecule is CC(c1ccc(F)cc1)N(C)C(=O)C(N)c1ccccc1. The van der Waals surface area contributed by atoms with Gasteiger partial charge in [-0.2, -0.15) is 0 Å². The van der Waals surface area contributed by atoms with Gasteiger partial charge in [-0.3, -0.25) is 4.79 Å². The summed E-state index contributed by atoms with van der Waals surface area (Å²) in [6.07, 6.45) is 0. The topological polar surface area (TPSA) is 46.3 Å². The second-order valence-electron chi connectivity index (χ2n) is 5.07.